The zero-order chi connectivity index (χ0) is 10.7. The van der Waals surface area contributed by atoms with Crippen LogP contribution in [0.25, 0.3) is 0 Å². The molecular formula is C13H13NO. The van der Waals surface area contributed by atoms with E-state index in [9.17, 15) is 4.79 Å². The second-order valence-corrected chi connectivity index (χ2v) is 3.46. The Morgan fingerprint density at radius 1 is 1.20 bits per heavy atom. The van der Waals surface area contributed by atoms with Crippen LogP contribution >= 0.6 is 0 Å². The van der Waals surface area contributed by atoms with E-state index in [1.807, 2.05) is 36.5 Å². The van der Waals surface area contributed by atoms with Gasteiger partial charge in [0.25, 0.3) is 5.91 Å². The van der Waals surface area contributed by atoms with E-state index >= 15 is 0 Å². The molecule has 0 atom stereocenters. The maximum Gasteiger partial charge on any atom is 0.254 e. The molecule has 0 radical (unpaired) electrons. The zero-order valence-electron chi connectivity index (χ0n) is 8.52. The molecule has 2 aliphatic carbocycles. The molecule has 0 unspecified atom stereocenters. The fourth-order valence-electron chi connectivity index (χ4n) is 1.76. The van der Waals surface area contributed by atoms with E-state index in [1.54, 1.807) is 4.90 Å². The lowest BCUT2D eigenvalue weighted by molar-refractivity contribution is -0.122. The Morgan fingerprint density at radius 2 is 1.73 bits per heavy atom. The average molecular weight is 199 g/mol. The minimum atomic E-state index is -0.0556. The van der Waals surface area contributed by atoms with Gasteiger partial charge in [-0.3, -0.25) is 9.69 Å². The lowest BCUT2D eigenvalue weighted by Crippen LogP contribution is -2.26. The molecule has 2 aliphatic rings. The Labute approximate surface area is 89.6 Å². The summed E-state index contributed by atoms with van der Waals surface area (Å²) < 4.78 is 0. The fourth-order valence-corrected chi connectivity index (χ4v) is 1.76. The van der Waals surface area contributed by atoms with E-state index in [2.05, 4.69) is 6.58 Å². The van der Waals surface area contributed by atoms with Crippen LogP contribution in [-0.4, -0.2) is 10.8 Å². The van der Waals surface area contributed by atoms with Gasteiger partial charge in [-0.2, -0.15) is 0 Å². The van der Waals surface area contributed by atoms with Crippen molar-refractivity contribution in [3.05, 3.63) is 60.5 Å². The van der Waals surface area contributed by atoms with Crippen LogP contribution in [-0.2, 0) is 4.79 Å². The Bertz CT molecular complexity index is 380. The van der Waals surface area contributed by atoms with Gasteiger partial charge < -0.3 is 0 Å². The van der Waals surface area contributed by atoms with Gasteiger partial charge in [0, 0.05) is 24.2 Å². The third kappa shape index (κ3) is 1.84. The highest BCUT2D eigenvalue weighted by Crippen LogP contribution is 2.25. The number of amides is 1. The summed E-state index contributed by atoms with van der Waals surface area (Å²) in [5.74, 6) is -0.0556. The molecule has 0 N–H and O–H groups in total. The lowest BCUT2D eigenvalue weighted by atomic mass is 10.2. The van der Waals surface area contributed by atoms with Crippen molar-refractivity contribution in [1.82, 2.24) is 4.90 Å². The number of nitrogens with zero attached hydrogens (tertiary/aromatic N) is 1. The third-order valence-corrected chi connectivity index (χ3v) is 2.47. The molecule has 0 aromatic carbocycles. The number of carbonyl (C=O) groups excluding carboxylic acids is 1. The predicted octanol–water partition coefficient (Wildman–Crippen LogP) is 2.69. The first kappa shape index (κ1) is 9.71. The highest BCUT2D eigenvalue weighted by atomic mass is 16.2. The van der Waals surface area contributed by atoms with Crippen molar-refractivity contribution in [3.63, 3.8) is 0 Å². The van der Waals surface area contributed by atoms with Crippen molar-refractivity contribution in [3.8, 4) is 0 Å². The quantitative estimate of drug-likeness (QED) is 0.640. The molecule has 0 aliphatic heterocycles. The second-order valence-electron chi connectivity index (χ2n) is 3.46. The molecule has 2 rings (SSSR count). The van der Waals surface area contributed by atoms with Crippen molar-refractivity contribution < 1.29 is 4.79 Å². The van der Waals surface area contributed by atoms with Gasteiger partial charge in [-0.1, -0.05) is 30.9 Å². The molecule has 15 heavy (non-hydrogen) atoms. The molecular weight excluding hydrogens is 186 g/mol. The third-order valence-electron chi connectivity index (χ3n) is 2.47. The van der Waals surface area contributed by atoms with Crippen molar-refractivity contribution in [2.75, 3.05) is 0 Å². The Balaban J connectivity index is 2.24. The standard InChI is InChI=1S/C13H13NO/c1-2-13(15)14(11-7-3-4-8-11)12-9-5-6-10-12/h2-7,9H,1,8,10H2. The molecule has 0 heterocycles. The van der Waals surface area contributed by atoms with Crippen molar-refractivity contribution in [2.45, 2.75) is 12.8 Å². The summed E-state index contributed by atoms with van der Waals surface area (Å²) >= 11 is 0. The van der Waals surface area contributed by atoms with Gasteiger partial charge in [-0.05, 0) is 18.2 Å². The number of hydrogen-bond donors (Lipinski definition) is 0. The van der Waals surface area contributed by atoms with Gasteiger partial charge in [0.05, 0.1) is 0 Å². The molecule has 2 nitrogen and oxygen atoms in total. The summed E-state index contributed by atoms with van der Waals surface area (Å²) in [6.07, 6.45) is 15.0. The van der Waals surface area contributed by atoms with E-state index in [-0.39, 0.29) is 5.91 Å². The normalized spacial score (nSPS) is 17.6. The Morgan fingerprint density at radius 3 is 2.07 bits per heavy atom. The predicted molar refractivity (Wildman–Crippen MR) is 60.7 cm³/mol. The smallest absolute Gasteiger partial charge is 0.254 e. The fraction of sp³-hybridized carbons (Fsp3) is 0.154. The monoisotopic (exact) mass is 199 g/mol. The minimum absolute atomic E-state index is 0.0556. The van der Waals surface area contributed by atoms with Gasteiger partial charge in [0.1, 0.15) is 0 Å². The first-order valence-corrected chi connectivity index (χ1v) is 5.01. The average Bonchev–Trinajstić information content (AvgIpc) is 2.90. The van der Waals surface area contributed by atoms with Crippen LogP contribution in [0.15, 0.2) is 60.5 Å². The molecule has 0 fully saturated rings. The van der Waals surface area contributed by atoms with Crippen LogP contribution in [0.4, 0.5) is 0 Å². The number of allylic oxidation sites excluding steroid dienone is 6. The molecule has 0 aromatic rings. The van der Waals surface area contributed by atoms with E-state index in [0.717, 1.165) is 24.2 Å². The molecule has 76 valence electrons. The van der Waals surface area contributed by atoms with Crippen molar-refractivity contribution in [1.29, 1.82) is 0 Å². The van der Waals surface area contributed by atoms with Crippen LogP contribution in [0.1, 0.15) is 12.8 Å². The lowest BCUT2D eigenvalue weighted by Gasteiger charge is -2.23. The van der Waals surface area contributed by atoms with E-state index < -0.39 is 0 Å². The van der Waals surface area contributed by atoms with Gasteiger partial charge in [0.15, 0.2) is 0 Å². The Kier molecular flexibility index (Phi) is 2.68. The molecule has 2 heteroatoms. The summed E-state index contributed by atoms with van der Waals surface area (Å²) in [6.45, 7) is 3.54. The first-order chi connectivity index (χ1) is 7.33. The topological polar surface area (TPSA) is 20.3 Å². The molecule has 0 saturated carbocycles. The second kappa shape index (κ2) is 4.13. The number of carbonyl (C=O) groups is 1. The van der Waals surface area contributed by atoms with E-state index in [0.29, 0.717) is 0 Å². The highest BCUT2D eigenvalue weighted by Gasteiger charge is 2.20. The molecule has 0 aromatic heterocycles. The molecule has 0 saturated heterocycles. The molecule has 0 bridgehead atoms. The summed E-state index contributed by atoms with van der Waals surface area (Å²) in [5.41, 5.74) is 2.05. The van der Waals surface area contributed by atoms with Crippen LogP contribution in [0.3, 0.4) is 0 Å². The zero-order valence-corrected chi connectivity index (χ0v) is 8.52. The van der Waals surface area contributed by atoms with Gasteiger partial charge in [-0.25, -0.2) is 0 Å². The SMILES string of the molecule is C=CC(=O)N(C1=CC=CC1)C1=CC=CC1. The summed E-state index contributed by atoms with van der Waals surface area (Å²) in [6, 6.07) is 0. The van der Waals surface area contributed by atoms with E-state index in [4.69, 9.17) is 0 Å². The van der Waals surface area contributed by atoms with Crippen LogP contribution in [0.2, 0.25) is 0 Å². The molecule has 1 amide bonds. The summed E-state index contributed by atoms with van der Waals surface area (Å²) in [4.78, 5) is 13.5. The Hall–Kier alpha value is -1.83. The number of rotatable bonds is 3. The van der Waals surface area contributed by atoms with Crippen molar-refractivity contribution >= 4 is 5.91 Å². The van der Waals surface area contributed by atoms with Gasteiger partial charge >= 0.3 is 0 Å². The van der Waals surface area contributed by atoms with Crippen molar-refractivity contribution in [2.24, 2.45) is 0 Å². The minimum Gasteiger partial charge on any atom is -0.284 e. The molecule has 0 spiro atoms. The maximum absolute atomic E-state index is 11.8. The summed E-state index contributed by atoms with van der Waals surface area (Å²) in [7, 11) is 0. The van der Waals surface area contributed by atoms with E-state index in [1.165, 1.54) is 6.08 Å². The number of hydrogen-bond acceptors (Lipinski definition) is 1. The maximum atomic E-state index is 11.8. The van der Waals surface area contributed by atoms with Gasteiger partial charge in [0.2, 0.25) is 0 Å². The first-order valence-electron chi connectivity index (χ1n) is 5.01. The van der Waals surface area contributed by atoms with Gasteiger partial charge in [-0.15, -0.1) is 0 Å². The largest absolute Gasteiger partial charge is 0.284 e. The summed E-state index contributed by atoms with van der Waals surface area (Å²) in [5, 5.41) is 0. The van der Waals surface area contributed by atoms with Crippen LogP contribution < -0.4 is 0 Å². The van der Waals surface area contributed by atoms with Crippen LogP contribution in [0.5, 0.6) is 0 Å². The van der Waals surface area contributed by atoms with Crippen LogP contribution in [0, 0.1) is 0 Å². The highest BCUT2D eigenvalue weighted by molar-refractivity contribution is 5.90.